The van der Waals surface area contributed by atoms with Crippen LogP contribution in [-0.2, 0) is 11.2 Å². The number of nitrogens with zero attached hydrogens (tertiary/aromatic N) is 3. The molecule has 196 valence electrons. The molecule has 6 nitrogen and oxygen atoms in total. The van der Waals surface area contributed by atoms with Gasteiger partial charge < -0.3 is 24.2 Å². The normalized spacial score (nSPS) is 17.3. The first-order chi connectivity index (χ1) is 17.4. The second kappa shape index (κ2) is 12.6. The van der Waals surface area contributed by atoms with E-state index in [1.807, 2.05) is 23.1 Å². The van der Waals surface area contributed by atoms with Gasteiger partial charge in [0.15, 0.2) is 0 Å². The van der Waals surface area contributed by atoms with E-state index < -0.39 is 0 Å². The topological polar surface area (TPSA) is 45.3 Å². The molecule has 0 radical (unpaired) electrons. The van der Waals surface area contributed by atoms with Gasteiger partial charge in [0.1, 0.15) is 5.75 Å². The molecule has 2 saturated heterocycles. The highest BCUT2D eigenvalue weighted by Gasteiger charge is 2.23. The number of benzene rings is 2. The fraction of sp³-hybridized carbons (Fsp3) is 0.567. The van der Waals surface area contributed by atoms with Crippen molar-refractivity contribution < 1.29 is 14.3 Å². The number of piperazine rings is 1. The Morgan fingerprint density at radius 1 is 0.917 bits per heavy atom. The third kappa shape index (κ3) is 7.47. The zero-order chi connectivity index (χ0) is 25.4. The lowest BCUT2D eigenvalue weighted by Gasteiger charge is -2.36. The van der Waals surface area contributed by atoms with Crippen molar-refractivity contribution in [2.45, 2.75) is 51.6 Å². The van der Waals surface area contributed by atoms with Gasteiger partial charge in [-0.15, -0.1) is 0 Å². The molecule has 0 aliphatic carbocycles. The van der Waals surface area contributed by atoms with Crippen molar-refractivity contribution in [2.75, 3.05) is 64.4 Å². The molecule has 0 N–H and O–H groups in total. The molecule has 2 fully saturated rings. The minimum absolute atomic E-state index is 0.111. The summed E-state index contributed by atoms with van der Waals surface area (Å²) < 4.78 is 11.5. The molecule has 0 bridgehead atoms. The predicted octanol–water partition coefficient (Wildman–Crippen LogP) is 4.87. The summed E-state index contributed by atoms with van der Waals surface area (Å²) in [4.78, 5) is 20.0. The summed E-state index contributed by atoms with van der Waals surface area (Å²) in [5, 5.41) is 0. The average molecular weight is 494 g/mol. The Balaban J connectivity index is 1.22. The maximum atomic E-state index is 13.2. The summed E-state index contributed by atoms with van der Waals surface area (Å²) in [6, 6.07) is 16.4. The van der Waals surface area contributed by atoms with Gasteiger partial charge in [-0.2, -0.15) is 0 Å². The van der Waals surface area contributed by atoms with Crippen molar-refractivity contribution in [1.82, 2.24) is 9.80 Å². The van der Waals surface area contributed by atoms with Crippen LogP contribution in [-0.4, -0.2) is 80.8 Å². The number of carbonyl (C=O) groups is 1. The fourth-order valence-electron chi connectivity index (χ4n) is 5.14. The molecule has 0 saturated carbocycles. The Morgan fingerprint density at radius 2 is 1.64 bits per heavy atom. The van der Waals surface area contributed by atoms with Crippen molar-refractivity contribution in [1.29, 1.82) is 0 Å². The smallest absolute Gasteiger partial charge is 0.253 e. The van der Waals surface area contributed by atoms with Crippen molar-refractivity contribution in [3.8, 4) is 5.75 Å². The molecule has 0 atom stereocenters. The van der Waals surface area contributed by atoms with Crippen LogP contribution in [0.4, 0.5) is 5.69 Å². The van der Waals surface area contributed by atoms with Crippen molar-refractivity contribution in [3.63, 3.8) is 0 Å². The zero-order valence-electron chi connectivity index (χ0n) is 22.4. The quantitative estimate of drug-likeness (QED) is 0.442. The van der Waals surface area contributed by atoms with Crippen LogP contribution in [0, 0.1) is 0 Å². The van der Waals surface area contributed by atoms with E-state index >= 15 is 0 Å². The van der Waals surface area contributed by atoms with Crippen LogP contribution in [0.5, 0.6) is 5.75 Å². The van der Waals surface area contributed by atoms with Gasteiger partial charge in [0, 0.05) is 57.5 Å². The van der Waals surface area contributed by atoms with E-state index in [2.05, 4.69) is 54.0 Å². The van der Waals surface area contributed by atoms with Crippen LogP contribution in [0.15, 0.2) is 48.5 Å². The zero-order valence-corrected chi connectivity index (χ0v) is 22.4. The summed E-state index contributed by atoms with van der Waals surface area (Å²) in [6.07, 6.45) is 5.91. The van der Waals surface area contributed by atoms with Crippen LogP contribution in [0.1, 0.15) is 55.5 Å². The summed E-state index contributed by atoms with van der Waals surface area (Å²) in [5.74, 6) is 1.04. The number of piperidine rings is 1. The van der Waals surface area contributed by atoms with Gasteiger partial charge in [-0.1, -0.05) is 18.6 Å². The Kier molecular flexibility index (Phi) is 9.27. The summed E-state index contributed by atoms with van der Waals surface area (Å²) in [7, 11) is 1.73. The van der Waals surface area contributed by atoms with Crippen LogP contribution in [0.25, 0.3) is 0 Å². The van der Waals surface area contributed by atoms with Crippen LogP contribution < -0.4 is 9.64 Å². The minimum Gasteiger partial charge on any atom is -0.494 e. The van der Waals surface area contributed by atoms with E-state index in [4.69, 9.17) is 9.47 Å². The minimum atomic E-state index is -0.249. The van der Waals surface area contributed by atoms with E-state index in [1.54, 1.807) is 7.11 Å². The van der Waals surface area contributed by atoms with Crippen LogP contribution in [0.2, 0.25) is 0 Å². The third-order valence-corrected chi connectivity index (χ3v) is 7.46. The molecule has 1 amide bonds. The molecule has 0 unspecified atom stereocenters. The number of carbonyl (C=O) groups excluding carboxylic acids is 1. The Morgan fingerprint density at radius 3 is 2.33 bits per heavy atom. The SMILES string of the molecule is COC(C)(C)Cc1cccc(C(=O)N2CCN(c3ccc(OCCCN4CCCCC4)cc3)CC2)c1. The molecule has 4 rings (SSSR count). The lowest BCUT2D eigenvalue weighted by atomic mass is 9.97. The molecule has 6 heteroatoms. The van der Waals surface area contributed by atoms with Crippen LogP contribution in [0.3, 0.4) is 0 Å². The number of ether oxygens (including phenoxy) is 2. The number of hydrogen-bond acceptors (Lipinski definition) is 5. The van der Waals surface area contributed by atoms with Gasteiger partial charge in [-0.3, -0.25) is 4.79 Å². The number of anilines is 1. The Bertz CT molecular complexity index is 962. The van der Waals surface area contributed by atoms with Gasteiger partial charge in [-0.05, 0) is 88.2 Å². The van der Waals surface area contributed by atoms with Gasteiger partial charge in [0.25, 0.3) is 5.91 Å². The second-order valence-electron chi connectivity index (χ2n) is 10.7. The highest BCUT2D eigenvalue weighted by atomic mass is 16.5. The van der Waals surface area contributed by atoms with E-state index in [9.17, 15) is 4.79 Å². The summed E-state index contributed by atoms with van der Waals surface area (Å²) >= 11 is 0. The highest BCUT2D eigenvalue weighted by molar-refractivity contribution is 5.94. The molecule has 0 aromatic heterocycles. The van der Waals surface area contributed by atoms with Gasteiger partial charge >= 0.3 is 0 Å². The summed E-state index contributed by atoms with van der Waals surface area (Å²) in [6.45, 7) is 11.6. The van der Waals surface area contributed by atoms with Crippen molar-refractivity contribution in [3.05, 3.63) is 59.7 Å². The Hall–Kier alpha value is -2.57. The predicted molar refractivity (Wildman–Crippen MR) is 146 cm³/mol. The molecule has 2 aromatic rings. The molecule has 2 aliphatic heterocycles. The number of likely N-dealkylation sites (tertiary alicyclic amines) is 1. The number of hydrogen-bond donors (Lipinski definition) is 0. The Labute approximate surface area is 217 Å². The molecular formula is C30H43N3O3. The maximum Gasteiger partial charge on any atom is 0.253 e. The average Bonchev–Trinajstić information content (AvgIpc) is 2.92. The number of rotatable bonds is 10. The number of amides is 1. The second-order valence-corrected chi connectivity index (χ2v) is 10.7. The van der Waals surface area contributed by atoms with E-state index in [-0.39, 0.29) is 11.5 Å². The highest BCUT2D eigenvalue weighted by Crippen LogP contribution is 2.22. The monoisotopic (exact) mass is 493 g/mol. The molecule has 2 heterocycles. The summed E-state index contributed by atoms with van der Waals surface area (Å²) in [5.41, 5.74) is 2.82. The standard InChI is InChI=1S/C30H43N3O3/c1-30(2,35-3)24-25-9-7-10-26(23-25)29(34)33-20-18-32(19-21-33)27-11-13-28(14-12-27)36-22-8-17-31-15-5-4-6-16-31/h7,9-14,23H,4-6,8,15-22,24H2,1-3H3. The number of methoxy groups -OCH3 is 1. The molecule has 0 spiro atoms. The van der Waals surface area contributed by atoms with Gasteiger partial charge in [-0.25, -0.2) is 0 Å². The first kappa shape index (κ1) is 26.5. The van der Waals surface area contributed by atoms with Gasteiger partial charge in [0.2, 0.25) is 0 Å². The first-order valence-electron chi connectivity index (χ1n) is 13.6. The lowest BCUT2D eigenvalue weighted by molar-refractivity contribution is 0.0231. The van der Waals surface area contributed by atoms with Gasteiger partial charge in [0.05, 0.1) is 12.2 Å². The van der Waals surface area contributed by atoms with Crippen molar-refractivity contribution >= 4 is 11.6 Å². The molecule has 2 aliphatic rings. The van der Waals surface area contributed by atoms with E-state index in [1.165, 1.54) is 38.0 Å². The molecule has 36 heavy (non-hydrogen) atoms. The third-order valence-electron chi connectivity index (χ3n) is 7.46. The van der Waals surface area contributed by atoms with E-state index in [0.29, 0.717) is 0 Å². The fourth-order valence-corrected chi connectivity index (χ4v) is 5.14. The van der Waals surface area contributed by atoms with Crippen LogP contribution >= 0.6 is 0 Å². The molecule has 2 aromatic carbocycles. The van der Waals surface area contributed by atoms with E-state index in [0.717, 1.165) is 69.0 Å². The lowest BCUT2D eigenvalue weighted by Crippen LogP contribution is -2.48. The van der Waals surface area contributed by atoms with Crippen molar-refractivity contribution in [2.24, 2.45) is 0 Å². The maximum absolute atomic E-state index is 13.2. The largest absolute Gasteiger partial charge is 0.494 e. The first-order valence-corrected chi connectivity index (χ1v) is 13.6. The molecular weight excluding hydrogens is 450 g/mol.